The summed E-state index contributed by atoms with van der Waals surface area (Å²) in [6, 6.07) is 22.0. The summed E-state index contributed by atoms with van der Waals surface area (Å²) in [5.41, 5.74) is 2.53. The molecule has 0 bridgehead atoms. The molecule has 4 nitrogen and oxygen atoms in total. The fourth-order valence-corrected chi connectivity index (χ4v) is 3.84. The molecule has 9 heteroatoms. The van der Waals surface area contributed by atoms with Crippen molar-refractivity contribution >= 4 is 76.8 Å². The molecule has 0 atom stereocenters. The Balaban J connectivity index is 0.00000204. The van der Waals surface area contributed by atoms with Crippen molar-refractivity contribution in [2.75, 3.05) is 0 Å². The molecule has 3 aromatic carbocycles. The molecule has 0 aliphatic carbocycles. The second kappa shape index (κ2) is 15.1. The molecular weight excluding hydrogens is 480 g/mol. The summed E-state index contributed by atoms with van der Waals surface area (Å²) >= 11 is 1.78. The van der Waals surface area contributed by atoms with Gasteiger partial charge in [-0.2, -0.15) is 4.57 Å². The van der Waals surface area contributed by atoms with E-state index in [1.54, 1.807) is 34.7 Å². The fourth-order valence-electron chi connectivity index (χ4n) is 2.39. The Labute approximate surface area is 236 Å². The van der Waals surface area contributed by atoms with E-state index in [4.69, 9.17) is 13.6 Å². The molecule has 3 aromatic rings. The predicted molar refractivity (Wildman–Crippen MR) is 123 cm³/mol. The first-order valence-electron chi connectivity index (χ1n) is 8.49. The summed E-state index contributed by atoms with van der Waals surface area (Å²) in [5.74, 6) is 1.37. The molecule has 0 amide bonds. The minimum absolute atomic E-state index is 0. The number of phosphoric ester groups is 1. The van der Waals surface area contributed by atoms with Gasteiger partial charge in [-0.3, -0.25) is 0 Å². The molecule has 0 aromatic heterocycles. The number of aryl methyl sites for hydroxylation is 3. The maximum absolute atomic E-state index is 13.5. The first kappa shape index (κ1) is 30.2. The Morgan fingerprint density at radius 1 is 0.600 bits per heavy atom. The summed E-state index contributed by atoms with van der Waals surface area (Å²) in [4.78, 5) is 0. The molecule has 30 heavy (non-hydrogen) atoms. The monoisotopic (exact) mass is 502 g/mol. The van der Waals surface area contributed by atoms with Gasteiger partial charge in [-0.25, -0.2) is 0 Å². The van der Waals surface area contributed by atoms with E-state index >= 15 is 0 Å². The van der Waals surface area contributed by atoms with Crippen LogP contribution in [0.15, 0.2) is 72.8 Å². The Bertz CT molecular complexity index is 853. The van der Waals surface area contributed by atoms with Crippen LogP contribution in [0.2, 0.25) is 0 Å². The van der Waals surface area contributed by atoms with Crippen molar-refractivity contribution in [3.8, 4) is 17.2 Å². The number of hydrogen-bond acceptors (Lipinski definition) is 4. The molecule has 0 aliphatic rings. The number of rotatable bonds is 6. The third-order valence-electron chi connectivity index (χ3n) is 3.91. The van der Waals surface area contributed by atoms with Crippen LogP contribution in [0.4, 0.5) is 0 Å². The van der Waals surface area contributed by atoms with Crippen LogP contribution in [0.5, 0.6) is 17.2 Å². The molecule has 0 saturated heterocycles. The van der Waals surface area contributed by atoms with E-state index in [1.807, 2.05) is 75.4 Å². The number of benzene rings is 3. The Hall–Kier alpha value is 0.164. The van der Waals surface area contributed by atoms with Crippen molar-refractivity contribution in [1.29, 1.82) is 0 Å². The summed E-state index contributed by atoms with van der Waals surface area (Å²) in [5, 5.41) is 0. The van der Waals surface area contributed by atoms with E-state index in [-0.39, 0.29) is 59.1 Å². The van der Waals surface area contributed by atoms with Gasteiger partial charge in [-0.15, -0.1) is 0 Å². The van der Waals surface area contributed by atoms with Gasteiger partial charge < -0.3 is 13.6 Å². The van der Waals surface area contributed by atoms with Gasteiger partial charge >= 0.3 is 93.2 Å². The van der Waals surface area contributed by atoms with Crippen LogP contribution < -0.4 is 13.6 Å². The minimum atomic E-state index is -3.97. The number of para-hydroxylation sites is 3. The SMILES string of the molecule is Cc1ccccc1OP(=O)(Oc1ccccc1C)Oc1ccccc1C.[Cl][V].[NaH].[NaH]. The van der Waals surface area contributed by atoms with E-state index in [9.17, 15) is 4.57 Å². The molecule has 0 radical (unpaired) electrons. The second-order valence-corrected chi connectivity index (χ2v) is 7.46. The molecule has 0 unspecified atom stereocenters. The molecule has 0 heterocycles. The normalized spacial score (nSPS) is 9.73. The first-order valence-corrected chi connectivity index (χ1v) is 11.9. The van der Waals surface area contributed by atoms with Crippen molar-refractivity contribution in [3.05, 3.63) is 89.5 Å². The average molecular weight is 503 g/mol. The van der Waals surface area contributed by atoms with Crippen molar-refractivity contribution < 1.29 is 34.6 Å². The first-order chi connectivity index (χ1) is 13.5. The molecule has 0 N–H and O–H groups in total. The Kier molecular flexibility index (Phi) is 15.2. The van der Waals surface area contributed by atoms with Crippen molar-refractivity contribution in [2.45, 2.75) is 20.8 Å². The zero-order valence-electron chi connectivity index (χ0n) is 15.8. The number of phosphoric acid groups is 1. The molecule has 3 rings (SSSR count). The summed E-state index contributed by atoms with van der Waals surface area (Å²) in [6.45, 7) is 5.63. The average Bonchev–Trinajstić information content (AvgIpc) is 2.69. The third kappa shape index (κ3) is 8.96. The number of halogens is 1. The van der Waals surface area contributed by atoms with Gasteiger partial charge in [0.25, 0.3) is 0 Å². The van der Waals surface area contributed by atoms with E-state index in [0.29, 0.717) is 17.2 Å². The van der Waals surface area contributed by atoms with Gasteiger partial charge in [0.1, 0.15) is 17.2 Å². The molecule has 0 spiro atoms. The zero-order valence-corrected chi connectivity index (χ0v) is 18.9. The topological polar surface area (TPSA) is 44.8 Å². The third-order valence-corrected chi connectivity index (χ3v) is 5.17. The van der Waals surface area contributed by atoms with Crippen LogP contribution in [0.25, 0.3) is 0 Å². The van der Waals surface area contributed by atoms with Gasteiger partial charge in [-0.1, -0.05) is 54.6 Å². The van der Waals surface area contributed by atoms with Crippen molar-refractivity contribution in [2.24, 2.45) is 0 Å². The molecule has 0 saturated carbocycles. The summed E-state index contributed by atoms with van der Waals surface area (Å²) < 4.78 is 30.8. The van der Waals surface area contributed by atoms with Crippen molar-refractivity contribution in [3.63, 3.8) is 0 Å². The zero-order chi connectivity index (χ0) is 20.6. The standard InChI is InChI=1S/C21H21O4P.ClH.2Na.V.2H/c1-16-10-4-7-13-19(16)23-26(22,24-20-14-8-5-11-17(20)2)25-21-15-9-6-12-18(21)3;;;;;;/h4-15H,1-3H3;1H;;;;;/q;;;;+1;;/p-1. The van der Waals surface area contributed by atoms with Gasteiger partial charge in [0.15, 0.2) is 0 Å². The van der Waals surface area contributed by atoms with Gasteiger partial charge in [0.2, 0.25) is 0 Å². The van der Waals surface area contributed by atoms with Crippen LogP contribution in [0.3, 0.4) is 0 Å². The molecule has 0 fully saturated rings. The van der Waals surface area contributed by atoms with Gasteiger partial charge in [-0.05, 0) is 55.7 Å². The van der Waals surface area contributed by atoms with Crippen LogP contribution in [-0.2, 0) is 21.0 Å². The predicted octanol–water partition coefficient (Wildman–Crippen LogP) is 5.65. The Morgan fingerprint density at radius 3 is 1.07 bits per heavy atom. The quantitative estimate of drug-likeness (QED) is 0.323. The van der Waals surface area contributed by atoms with Crippen LogP contribution in [0.1, 0.15) is 16.7 Å². The second-order valence-electron chi connectivity index (χ2n) is 6.02. The Morgan fingerprint density at radius 2 is 0.833 bits per heavy atom. The summed E-state index contributed by atoms with van der Waals surface area (Å²) in [6.07, 6.45) is 0. The van der Waals surface area contributed by atoms with Crippen LogP contribution in [0, 0.1) is 20.8 Å². The van der Waals surface area contributed by atoms with Gasteiger partial charge in [0, 0.05) is 0 Å². The van der Waals surface area contributed by atoms with Crippen LogP contribution in [-0.4, -0.2) is 59.1 Å². The fraction of sp³-hybridized carbons (Fsp3) is 0.143. The molecule has 150 valence electrons. The van der Waals surface area contributed by atoms with E-state index in [2.05, 4.69) is 9.85 Å². The van der Waals surface area contributed by atoms with E-state index in [0.717, 1.165) is 16.7 Å². The number of hydrogen-bond donors (Lipinski definition) is 0. The van der Waals surface area contributed by atoms with E-state index < -0.39 is 7.82 Å². The molecular formula is C21H23ClNa2O4PV. The van der Waals surface area contributed by atoms with Crippen molar-refractivity contribution in [1.82, 2.24) is 0 Å². The molecule has 0 aliphatic heterocycles. The maximum atomic E-state index is 13.5. The summed E-state index contributed by atoms with van der Waals surface area (Å²) in [7, 11) is 0.611. The van der Waals surface area contributed by atoms with Gasteiger partial charge in [0.05, 0.1) is 0 Å². The van der Waals surface area contributed by atoms with Crippen LogP contribution >= 0.6 is 17.7 Å². The van der Waals surface area contributed by atoms with E-state index in [1.165, 1.54) is 0 Å².